The summed E-state index contributed by atoms with van der Waals surface area (Å²) in [5, 5.41) is 3.33. The van der Waals surface area contributed by atoms with Crippen LogP contribution in [0.5, 0.6) is 0 Å². The molecule has 0 aliphatic heterocycles. The zero-order chi connectivity index (χ0) is 12.1. The van der Waals surface area contributed by atoms with Crippen LogP contribution in [0.2, 0.25) is 0 Å². The van der Waals surface area contributed by atoms with Crippen molar-refractivity contribution in [1.29, 1.82) is 0 Å². The van der Waals surface area contributed by atoms with Crippen LogP contribution in [-0.4, -0.2) is 11.1 Å². The molecule has 0 saturated heterocycles. The Hall–Kier alpha value is -1.55. The number of hydrogen-bond acceptors (Lipinski definition) is 2. The first-order valence-corrected chi connectivity index (χ1v) is 6.19. The highest BCUT2D eigenvalue weighted by atomic mass is 79.9. The van der Waals surface area contributed by atoms with Crippen molar-refractivity contribution in [2.24, 2.45) is 0 Å². The molecule has 0 atom stereocenters. The van der Waals surface area contributed by atoms with Gasteiger partial charge in [0.1, 0.15) is 0 Å². The molecule has 4 heteroatoms. The van der Waals surface area contributed by atoms with Crippen molar-refractivity contribution in [3.8, 4) is 0 Å². The van der Waals surface area contributed by atoms with Gasteiger partial charge in [0.25, 0.3) is 0 Å². The second-order valence-electron chi connectivity index (χ2n) is 3.68. The van der Waals surface area contributed by atoms with Crippen LogP contribution in [0.25, 0.3) is 0 Å². The van der Waals surface area contributed by atoms with Crippen molar-refractivity contribution < 1.29 is 0 Å². The Kier molecular flexibility index (Phi) is 3.98. The van der Waals surface area contributed by atoms with E-state index >= 15 is 0 Å². The quantitative estimate of drug-likeness (QED) is 0.940. The van der Waals surface area contributed by atoms with Crippen molar-refractivity contribution in [3.63, 3.8) is 0 Å². The van der Waals surface area contributed by atoms with Gasteiger partial charge < -0.3 is 9.88 Å². The number of halogens is 1. The van der Waals surface area contributed by atoms with Crippen LogP contribution in [0, 0.1) is 0 Å². The molecule has 1 aromatic heterocycles. The molecular formula is C13H13BrN2O. The molecule has 0 aliphatic rings. The van der Waals surface area contributed by atoms with Gasteiger partial charge in [-0.15, -0.1) is 0 Å². The Morgan fingerprint density at radius 3 is 2.53 bits per heavy atom. The van der Waals surface area contributed by atoms with Gasteiger partial charge in [-0.25, -0.2) is 0 Å². The zero-order valence-electron chi connectivity index (χ0n) is 9.27. The summed E-state index contributed by atoms with van der Waals surface area (Å²) in [4.78, 5) is 10.9. The smallest absolute Gasteiger partial charge is 0.181 e. The second-order valence-corrected chi connectivity index (χ2v) is 4.53. The van der Waals surface area contributed by atoms with Crippen molar-refractivity contribution in [1.82, 2.24) is 4.57 Å². The predicted molar refractivity (Wildman–Crippen MR) is 73.3 cm³/mol. The summed E-state index contributed by atoms with van der Waals surface area (Å²) in [6.45, 7) is 1.63. The second kappa shape index (κ2) is 5.68. The van der Waals surface area contributed by atoms with Crippen molar-refractivity contribution >= 4 is 21.6 Å². The SMILES string of the molecule is O=c1ccn(CCNc2ccccc2Br)cc1. The van der Waals surface area contributed by atoms with Gasteiger partial charge in [0.05, 0.1) is 0 Å². The summed E-state index contributed by atoms with van der Waals surface area (Å²) in [5.41, 5.74) is 1.12. The van der Waals surface area contributed by atoms with E-state index in [4.69, 9.17) is 0 Å². The van der Waals surface area contributed by atoms with Crippen LogP contribution in [0.15, 0.2) is 58.1 Å². The molecule has 1 aromatic carbocycles. The number of aromatic nitrogens is 1. The monoisotopic (exact) mass is 292 g/mol. The topological polar surface area (TPSA) is 34.0 Å². The molecule has 0 aliphatic carbocycles. The molecule has 2 rings (SSSR count). The Balaban J connectivity index is 1.90. The Morgan fingerprint density at radius 2 is 1.82 bits per heavy atom. The molecule has 0 unspecified atom stereocenters. The summed E-state index contributed by atoms with van der Waals surface area (Å²) in [7, 11) is 0. The highest BCUT2D eigenvalue weighted by Crippen LogP contribution is 2.20. The van der Waals surface area contributed by atoms with Gasteiger partial charge >= 0.3 is 0 Å². The van der Waals surface area contributed by atoms with Gasteiger partial charge in [0, 0.05) is 47.8 Å². The first-order chi connectivity index (χ1) is 8.25. The molecule has 1 heterocycles. The molecule has 0 bridgehead atoms. The Morgan fingerprint density at radius 1 is 1.12 bits per heavy atom. The third kappa shape index (κ3) is 3.46. The molecule has 0 amide bonds. The van der Waals surface area contributed by atoms with Gasteiger partial charge in [-0.1, -0.05) is 12.1 Å². The number of nitrogens with one attached hydrogen (secondary N) is 1. The predicted octanol–water partition coefficient (Wildman–Crippen LogP) is 2.72. The van der Waals surface area contributed by atoms with Crippen LogP contribution >= 0.6 is 15.9 Å². The van der Waals surface area contributed by atoms with E-state index in [-0.39, 0.29) is 5.43 Å². The summed E-state index contributed by atoms with van der Waals surface area (Å²) in [6.07, 6.45) is 3.59. The summed E-state index contributed by atoms with van der Waals surface area (Å²) in [6, 6.07) is 11.1. The minimum atomic E-state index is 0.0417. The van der Waals surface area contributed by atoms with E-state index in [1.54, 1.807) is 24.5 Å². The van der Waals surface area contributed by atoms with Crippen LogP contribution in [0.4, 0.5) is 5.69 Å². The molecule has 0 fully saturated rings. The molecule has 0 saturated carbocycles. The van der Waals surface area contributed by atoms with E-state index in [1.165, 1.54) is 0 Å². The standard InChI is InChI=1S/C13H13BrN2O/c14-12-3-1-2-4-13(12)15-7-10-16-8-5-11(17)6-9-16/h1-6,8-9,15H,7,10H2. The average Bonchev–Trinajstić information content (AvgIpc) is 2.34. The lowest BCUT2D eigenvalue weighted by atomic mass is 10.3. The molecular weight excluding hydrogens is 280 g/mol. The highest BCUT2D eigenvalue weighted by Gasteiger charge is 1.96. The lowest BCUT2D eigenvalue weighted by Gasteiger charge is -2.09. The number of pyridine rings is 1. The largest absolute Gasteiger partial charge is 0.382 e. The third-order valence-electron chi connectivity index (χ3n) is 2.42. The lowest BCUT2D eigenvalue weighted by molar-refractivity contribution is 0.720. The summed E-state index contributed by atoms with van der Waals surface area (Å²) in [5.74, 6) is 0. The van der Waals surface area contributed by atoms with E-state index in [9.17, 15) is 4.79 Å². The molecule has 1 N–H and O–H groups in total. The zero-order valence-corrected chi connectivity index (χ0v) is 10.9. The van der Waals surface area contributed by atoms with Crippen molar-refractivity contribution in [3.05, 3.63) is 63.5 Å². The van der Waals surface area contributed by atoms with Crippen LogP contribution in [-0.2, 0) is 6.54 Å². The molecule has 0 radical (unpaired) electrons. The summed E-state index contributed by atoms with van der Waals surface area (Å²) < 4.78 is 3.03. The minimum Gasteiger partial charge on any atom is -0.382 e. The number of nitrogens with zero attached hydrogens (tertiary/aromatic N) is 1. The van der Waals surface area contributed by atoms with Gasteiger partial charge in [0.2, 0.25) is 0 Å². The molecule has 88 valence electrons. The highest BCUT2D eigenvalue weighted by molar-refractivity contribution is 9.10. The van der Waals surface area contributed by atoms with Gasteiger partial charge in [-0.05, 0) is 28.1 Å². The van der Waals surface area contributed by atoms with Crippen LogP contribution < -0.4 is 10.7 Å². The first kappa shape index (κ1) is 11.9. The third-order valence-corrected chi connectivity index (χ3v) is 3.11. The maximum absolute atomic E-state index is 10.9. The van der Waals surface area contributed by atoms with Crippen molar-refractivity contribution in [2.45, 2.75) is 6.54 Å². The van der Waals surface area contributed by atoms with Crippen molar-refractivity contribution in [2.75, 3.05) is 11.9 Å². The number of rotatable bonds is 4. The molecule has 0 spiro atoms. The molecule has 17 heavy (non-hydrogen) atoms. The number of hydrogen-bond donors (Lipinski definition) is 1. The maximum atomic E-state index is 10.9. The van der Waals surface area contributed by atoms with Gasteiger partial charge in [0.15, 0.2) is 5.43 Å². The number of benzene rings is 1. The average molecular weight is 293 g/mol. The van der Waals surface area contributed by atoms with Gasteiger partial charge in [-0.3, -0.25) is 4.79 Å². The number of anilines is 1. The van der Waals surface area contributed by atoms with Crippen LogP contribution in [0.3, 0.4) is 0 Å². The van der Waals surface area contributed by atoms with E-state index in [2.05, 4.69) is 21.2 Å². The minimum absolute atomic E-state index is 0.0417. The first-order valence-electron chi connectivity index (χ1n) is 5.40. The Bertz CT molecular complexity index is 531. The fourth-order valence-electron chi connectivity index (χ4n) is 1.52. The van der Waals surface area contributed by atoms with E-state index < -0.39 is 0 Å². The fourth-order valence-corrected chi connectivity index (χ4v) is 1.94. The number of para-hydroxylation sites is 1. The van der Waals surface area contributed by atoms with E-state index in [0.29, 0.717) is 0 Å². The molecule has 3 nitrogen and oxygen atoms in total. The Labute approximate surface area is 108 Å². The lowest BCUT2D eigenvalue weighted by Crippen LogP contribution is -2.12. The maximum Gasteiger partial charge on any atom is 0.181 e. The molecule has 2 aromatic rings. The summed E-state index contributed by atoms with van der Waals surface area (Å²) >= 11 is 3.48. The fraction of sp³-hybridized carbons (Fsp3) is 0.154. The van der Waals surface area contributed by atoms with Crippen LogP contribution in [0.1, 0.15) is 0 Å². The van der Waals surface area contributed by atoms with E-state index in [1.807, 2.05) is 28.8 Å². The van der Waals surface area contributed by atoms with Gasteiger partial charge in [-0.2, -0.15) is 0 Å². The normalized spacial score (nSPS) is 10.2. The van der Waals surface area contributed by atoms with E-state index in [0.717, 1.165) is 23.2 Å².